The molecule has 0 aromatic rings. The normalized spacial score (nSPS) is 10.4. The first-order valence-corrected chi connectivity index (χ1v) is 5.29. The molecular weight excluding hydrogens is 206 g/mol. The predicted octanol–water partition coefficient (Wildman–Crippen LogP) is 1.79. The third-order valence-corrected chi connectivity index (χ3v) is 2.00. The van der Waals surface area contributed by atoms with Crippen molar-refractivity contribution in [2.45, 2.75) is 19.3 Å². The van der Waals surface area contributed by atoms with Gasteiger partial charge >= 0.3 is 0 Å². The fourth-order valence-corrected chi connectivity index (χ4v) is 1.09. The number of unbranched alkanes of at least 4 members (excludes halogenated alkanes) is 1. The van der Waals surface area contributed by atoms with Crippen LogP contribution in [0.25, 0.3) is 0 Å². The lowest BCUT2D eigenvalue weighted by Gasteiger charge is -2.02. The Morgan fingerprint density at radius 2 is 1.91 bits per heavy atom. The van der Waals surface area contributed by atoms with E-state index in [1.807, 2.05) is 0 Å². The maximum atomic E-state index is 4.93. The molecule has 0 radical (unpaired) electrons. The molecule has 0 fully saturated rings. The van der Waals surface area contributed by atoms with Crippen LogP contribution in [-0.4, -0.2) is 32.1 Å². The van der Waals surface area contributed by atoms with Gasteiger partial charge in [0.1, 0.15) is 0 Å². The van der Waals surface area contributed by atoms with Gasteiger partial charge in [-0.1, -0.05) is 15.9 Å². The minimum atomic E-state index is 0.889. The van der Waals surface area contributed by atoms with Gasteiger partial charge in [0.25, 0.3) is 0 Å². The standard InChI is InChI=1S/C8H18BrNO/c1-11-8-3-2-6-10-7-4-5-9/h10H,2-8H2,1H3. The summed E-state index contributed by atoms with van der Waals surface area (Å²) in [5.74, 6) is 0. The van der Waals surface area contributed by atoms with E-state index in [9.17, 15) is 0 Å². The zero-order valence-corrected chi connectivity index (χ0v) is 8.82. The molecule has 0 rings (SSSR count). The Balaban J connectivity index is 2.69. The Hall–Kier alpha value is 0.400. The molecule has 0 saturated heterocycles. The first-order chi connectivity index (χ1) is 5.41. The topological polar surface area (TPSA) is 21.3 Å². The highest BCUT2D eigenvalue weighted by Gasteiger charge is 1.87. The van der Waals surface area contributed by atoms with Crippen LogP contribution in [-0.2, 0) is 4.74 Å². The Kier molecular flexibility index (Phi) is 10.8. The van der Waals surface area contributed by atoms with Crippen molar-refractivity contribution in [3.63, 3.8) is 0 Å². The van der Waals surface area contributed by atoms with Gasteiger partial charge in [0, 0.05) is 19.0 Å². The van der Waals surface area contributed by atoms with Crippen LogP contribution in [0.1, 0.15) is 19.3 Å². The number of nitrogens with one attached hydrogen (secondary N) is 1. The first-order valence-electron chi connectivity index (χ1n) is 4.17. The van der Waals surface area contributed by atoms with E-state index in [0.29, 0.717) is 0 Å². The first kappa shape index (κ1) is 11.4. The van der Waals surface area contributed by atoms with Gasteiger partial charge in [-0.05, 0) is 32.4 Å². The molecule has 2 nitrogen and oxygen atoms in total. The van der Waals surface area contributed by atoms with Gasteiger partial charge in [0.2, 0.25) is 0 Å². The van der Waals surface area contributed by atoms with E-state index in [1.54, 1.807) is 7.11 Å². The molecule has 1 N–H and O–H groups in total. The minimum Gasteiger partial charge on any atom is -0.385 e. The van der Waals surface area contributed by atoms with Crippen LogP contribution >= 0.6 is 15.9 Å². The number of hydrogen-bond acceptors (Lipinski definition) is 2. The highest BCUT2D eigenvalue weighted by atomic mass is 79.9. The third kappa shape index (κ3) is 10.4. The maximum Gasteiger partial charge on any atom is 0.0462 e. The molecule has 3 heteroatoms. The fourth-order valence-electron chi connectivity index (χ4n) is 0.813. The lowest BCUT2D eigenvalue weighted by molar-refractivity contribution is 0.192. The van der Waals surface area contributed by atoms with Crippen molar-refractivity contribution in [2.24, 2.45) is 0 Å². The summed E-state index contributed by atoms with van der Waals surface area (Å²) in [5.41, 5.74) is 0. The molecule has 0 unspecified atom stereocenters. The van der Waals surface area contributed by atoms with E-state index in [-0.39, 0.29) is 0 Å². The maximum absolute atomic E-state index is 4.93. The second-order valence-corrected chi connectivity index (χ2v) is 3.29. The van der Waals surface area contributed by atoms with Crippen LogP contribution in [0.15, 0.2) is 0 Å². The molecule has 0 bridgehead atoms. The summed E-state index contributed by atoms with van der Waals surface area (Å²) in [6.07, 6.45) is 3.60. The largest absolute Gasteiger partial charge is 0.385 e. The van der Waals surface area contributed by atoms with E-state index in [1.165, 1.54) is 12.8 Å². The molecule has 0 spiro atoms. The summed E-state index contributed by atoms with van der Waals surface area (Å²) < 4.78 is 4.93. The minimum absolute atomic E-state index is 0.889. The second kappa shape index (κ2) is 10.4. The van der Waals surface area contributed by atoms with Gasteiger partial charge in [0.05, 0.1) is 0 Å². The molecule has 0 aromatic carbocycles. The average Bonchev–Trinajstić information content (AvgIpc) is 2.03. The molecular formula is C8H18BrNO. The summed E-state index contributed by atoms with van der Waals surface area (Å²) in [6.45, 7) is 3.13. The number of rotatable bonds is 8. The lowest BCUT2D eigenvalue weighted by Crippen LogP contribution is -2.17. The Morgan fingerprint density at radius 3 is 2.55 bits per heavy atom. The third-order valence-electron chi connectivity index (χ3n) is 1.44. The molecule has 11 heavy (non-hydrogen) atoms. The quantitative estimate of drug-likeness (QED) is 0.501. The molecule has 0 aliphatic rings. The highest BCUT2D eigenvalue weighted by molar-refractivity contribution is 9.09. The van der Waals surface area contributed by atoms with Crippen molar-refractivity contribution in [3.05, 3.63) is 0 Å². The van der Waals surface area contributed by atoms with Crippen molar-refractivity contribution in [1.82, 2.24) is 5.32 Å². The van der Waals surface area contributed by atoms with Crippen molar-refractivity contribution < 1.29 is 4.74 Å². The van der Waals surface area contributed by atoms with Gasteiger partial charge in [-0.25, -0.2) is 0 Å². The van der Waals surface area contributed by atoms with Crippen LogP contribution in [0.3, 0.4) is 0 Å². The smallest absolute Gasteiger partial charge is 0.0462 e. The molecule has 0 aliphatic heterocycles. The van der Waals surface area contributed by atoms with Gasteiger partial charge in [-0.15, -0.1) is 0 Å². The average molecular weight is 224 g/mol. The number of alkyl halides is 1. The number of halogens is 1. The van der Waals surface area contributed by atoms with E-state index < -0.39 is 0 Å². The van der Waals surface area contributed by atoms with Crippen LogP contribution in [0.2, 0.25) is 0 Å². The Labute approximate surface area is 77.8 Å². The van der Waals surface area contributed by atoms with Crippen molar-refractivity contribution >= 4 is 15.9 Å². The fraction of sp³-hybridized carbons (Fsp3) is 1.00. The summed E-state index contributed by atoms with van der Waals surface area (Å²) >= 11 is 3.38. The molecule has 0 amide bonds. The molecule has 68 valence electrons. The number of methoxy groups -OCH3 is 1. The van der Waals surface area contributed by atoms with Gasteiger partial charge in [-0.3, -0.25) is 0 Å². The molecule has 0 heterocycles. The zero-order valence-electron chi connectivity index (χ0n) is 7.24. The summed E-state index contributed by atoms with van der Waals surface area (Å²) in [6, 6.07) is 0. The van der Waals surface area contributed by atoms with E-state index in [0.717, 1.165) is 31.4 Å². The second-order valence-electron chi connectivity index (χ2n) is 2.49. The Bertz CT molecular complexity index is 63.1. The summed E-state index contributed by atoms with van der Waals surface area (Å²) in [7, 11) is 1.75. The van der Waals surface area contributed by atoms with Crippen molar-refractivity contribution in [1.29, 1.82) is 0 Å². The van der Waals surface area contributed by atoms with Crippen LogP contribution < -0.4 is 5.32 Å². The molecule has 0 atom stereocenters. The van der Waals surface area contributed by atoms with Gasteiger partial charge in [0.15, 0.2) is 0 Å². The molecule has 0 saturated carbocycles. The lowest BCUT2D eigenvalue weighted by atomic mass is 10.3. The monoisotopic (exact) mass is 223 g/mol. The number of hydrogen-bond donors (Lipinski definition) is 1. The summed E-state index contributed by atoms with van der Waals surface area (Å²) in [4.78, 5) is 0. The van der Waals surface area contributed by atoms with Crippen LogP contribution in [0.4, 0.5) is 0 Å². The predicted molar refractivity (Wildman–Crippen MR) is 52.4 cm³/mol. The van der Waals surface area contributed by atoms with Crippen LogP contribution in [0.5, 0.6) is 0 Å². The summed E-state index contributed by atoms with van der Waals surface area (Å²) in [5, 5.41) is 4.45. The number of ether oxygens (including phenoxy) is 1. The highest BCUT2D eigenvalue weighted by Crippen LogP contribution is 1.88. The van der Waals surface area contributed by atoms with Crippen molar-refractivity contribution in [3.8, 4) is 0 Å². The zero-order chi connectivity index (χ0) is 8.36. The molecule has 0 aliphatic carbocycles. The van der Waals surface area contributed by atoms with E-state index in [4.69, 9.17) is 4.74 Å². The van der Waals surface area contributed by atoms with Crippen LogP contribution in [0, 0.1) is 0 Å². The van der Waals surface area contributed by atoms with Gasteiger partial charge < -0.3 is 10.1 Å². The SMILES string of the molecule is COCCCCNCCCBr. The molecule has 0 aromatic heterocycles. The Morgan fingerprint density at radius 1 is 1.18 bits per heavy atom. The van der Waals surface area contributed by atoms with E-state index >= 15 is 0 Å². The van der Waals surface area contributed by atoms with Gasteiger partial charge in [-0.2, -0.15) is 0 Å². The van der Waals surface area contributed by atoms with Crippen molar-refractivity contribution in [2.75, 3.05) is 32.1 Å². The van der Waals surface area contributed by atoms with E-state index in [2.05, 4.69) is 21.2 Å².